The van der Waals surface area contributed by atoms with Crippen molar-refractivity contribution < 1.29 is 9.53 Å². The highest BCUT2D eigenvalue weighted by Gasteiger charge is 2.14. The lowest BCUT2D eigenvalue weighted by Crippen LogP contribution is -2.15. The van der Waals surface area contributed by atoms with Gasteiger partial charge in [-0.3, -0.25) is 9.59 Å². The third kappa shape index (κ3) is 3.99. The van der Waals surface area contributed by atoms with Gasteiger partial charge in [0.2, 0.25) is 0 Å². The van der Waals surface area contributed by atoms with E-state index >= 15 is 0 Å². The lowest BCUT2D eigenvalue weighted by molar-refractivity contribution is -0.144. The largest absolute Gasteiger partial charge is 0.461 e. The third-order valence-electron chi connectivity index (χ3n) is 4.31. The molecule has 3 rings (SSSR count). The van der Waals surface area contributed by atoms with Gasteiger partial charge >= 0.3 is 5.97 Å². The van der Waals surface area contributed by atoms with Gasteiger partial charge in [-0.25, -0.2) is 5.10 Å². The molecular formula is C21H22N2O3. The summed E-state index contributed by atoms with van der Waals surface area (Å²) < 4.78 is 5.37. The molecule has 0 aliphatic heterocycles. The Bertz CT molecular complexity index is 983. The zero-order valence-electron chi connectivity index (χ0n) is 15.2. The zero-order chi connectivity index (χ0) is 18.7. The predicted molar refractivity (Wildman–Crippen MR) is 101 cm³/mol. The van der Waals surface area contributed by atoms with E-state index in [2.05, 4.69) is 43.1 Å². The van der Waals surface area contributed by atoms with Gasteiger partial charge < -0.3 is 4.74 Å². The molecule has 0 radical (unpaired) electrons. The Kier molecular flexibility index (Phi) is 4.89. The summed E-state index contributed by atoms with van der Waals surface area (Å²) in [5.41, 5.74) is 2.50. The van der Waals surface area contributed by atoms with Crippen molar-refractivity contribution >= 4 is 16.7 Å². The molecule has 0 saturated heterocycles. The minimum absolute atomic E-state index is 0.0113. The van der Waals surface area contributed by atoms with Crippen molar-refractivity contribution in [3.63, 3.8) is 0 Å². The van der Waals surface area contributed by atoms with E-state index in [1.54, 1.807) is 18.2 Å². The maximum Gasteiger partial charge on any atom is 0.312 e. The number of aromatic amines is 1. The maximum absolute atomic E-state index is 12.2. The van der Waals surface area contributed by atoms with Gasteiger partial charge in [-0.15, -0.1) is 0 Å². The molecule has 0 aliphatic carbocycles. The van der Waals surface area contributed by atoms with Gasteiger partial charge in [-0.05, 0) is 22.6 Å². The van der Waals surface area contributed by atoms with Gasteiger partial charge in [0.15, 0.2) is 0 Å². The lowest BCUT2D eigenvalue weighted by Gasteiger charge is -2.19. The van der Waals surface area contributed by atoms with Gasteiger partial charge in [0.25, 0.3) is 5.56 Å². The number of H-pyrrole nitrogens is 1. The first-order valence-electron chi connectivity index (χ1n) is 8.56. The average molecular weight is 350 g/mol. The first-order chi connectivity index (χ1) is 12.3. The number of aromatic nitrogens is 2. The van der Waals surface area contributed by atoms with Crippen LogP contribution in [-0.2, 0) is 28.0 Å². The topological polar surface area (TPSA) is 72.0 Å². The summed E-state index contributed by atoms with van der Waals surface area (Å²) in [6.07, 6.45) is 0.0113. The number of rotatable bonds is 4. The van der Waals surface area contributed by atoms with Gasteiger partial charge in [-0.1, -0.05) is 63.2 Å². The Labute approximate surface area is 152 Å². The molecule has 1 heterocycles. The molecule has 0 fully saturated rings. The van der Waals surface area contributed by atoms with Crippen molar-refractivity contribution in [1.82, 2.24) is 10.2 Å². The molecule has 0 spiro atoms. The van der Waals surface area contributed by atoms with E-state index in [0.29, 0.717) is 16.5 Å². The van der Waals surface area contributed by atoms with E-state index in [4.69, 9.17) is 4.74 Å². The highest BCUT2D eigenvalue weighted by Crippen LogP contribution is 2.22. The van der Waals surface area contributed by atoms with Crippen molar-refractivity contribution in [2.24, 2.45) is 0 Å². The van der Waals surface area contributed by atoms with E-state index in [0.717, 1.165) is 5.56 Å². The predicted octanol–water partition coefficient (Wildman–Crippen LogP) is 3.51. The normalized spacial score (nSPS) is 11.5. The summed E-state index contributed by atoms with van der Waals surface area (Å²) in [6.45, 7) is 6.68. The van der Waals surface area contributed by atoms with Crippen LogP contribution in [0.2, 0.25) is 0 Å². The number of esters is 1. The van der Waals surface area contributed by atoms with Crippen LogP contribution >= 0.6 is 0 Å². The molecule has 3 aromatic rings. The van der Waals surface area contributed by atoms with E-state index in [1.165, 1.54) is 5.56 Å². The number of carbonyl (C=O) groups excluding carboxylic acids is 1. The van der Waals surface area contributed by atoms with Crippen molar-refractivity contribution in [3.05, 3.63) is 75.7 Å². The van der Waals surface area contributed by atoms with E-state index in [9.17, 15) is 9.59 Å². The zero-order valence-corrected chi connectivity index (χ0v) is 15.2. The van der Waals surface area contributed by atoms with Crippen LogP contribution in [0.3, 0.4) is 0 Å². The van der Waals surface area contributed by atoms with Gasteiger partial charge in [-0.2, -0.15) is 5.10 Å². The van der Waals surface area contributed by atoms with Crippen LogP contribution in [0.1, 0.15) is 37.6 Å². The number of fused-ring (bicyclic) bond motifs is 1. The van der Waals surface area contributed by atoms with Crippen molar-refractivity contribution in [3.8, 4) is 0 Å². The molecule has 0 atom stereocenters. The molecule has 2 aromatic carbocycles. The minimum Gasteiger partial charge on any atom is -0.461 e. The number of nitrogens with one attached hydrogen (secondary N) is 1. The Morgan fingerprint density at radius 3 is 2.35 bits per heavy atom. The van der Waals surface area contributed by atoms with Crippen LogP contribution in [-0.4, -0.2) is 16.2 Å². The molecule has 1 N–H and O–H groups in total. The summed E-state index contributed by atoms with van der Waals surface area (Å²) in [5.74, 6) is -0.380. The fourth-order valence-corrected chi connectivity index (χ4v) is 2.76. The number of ether oxygens (including phenoxy) is 1. The molecule has 5 heteroatoms. The maximum atomic E-state index is 12.2. The fraction of sp³-hybridized carbons (Fsp3) is 0.286. The molecule has 0 unspecified atom stereocenters. The van der Waals surface area contributed by atoms with Crippen LogP contribution in [0.25, 0.3) is 10.8 Å². The Morgan fingerprint density at radius 1 is 1.04 bits per heavy atom. The Morgan fingerprint density at radius 2 is 1.69 bits per heavy atom. The van der Waals surface area contributed by atoms with Crippen molar-refractivity contribution in [2.75, 3.05) is 0 Å². The van der Waals surface area contributed by atoms with Crippen LogP contribution in [0.5, 0.6) is 0 Å². The second kappa shape index (κ2) is 7.12. The molecular weight excluding hydrogens is 328 g/mol. The highest BCUT2D eigenvalue weighted by atomic mass is 16.5. The molecule has 134 valence electrons. The minimum atomic E-state index is -0.380. The number of benzene rings is 2. The summed E-state index contributed by atoms with van der Waals surface area (Å²) in [4.78, 5) is 24.0. The third-order valence-corrected chi connectivity index (χ3v) is 4.31. The standard InChI is InChI=1S/C21H22N2O3/c1-21(2,3)15-10-8-14(9-11-15)13-26-19(24)12-18-16-6-4-5-7-17(16)20(25)23-22-18/h4-11H,12-13H2,1-3H3,(H,23,25). The number of hydrogen-bond acceptors (Lipinski definition) is 4. The smallest absolute Gasteiger partial charge is 0.312 e. The average Bonchev–Trinajstić information content (AvgIpc) is 2.62. The monoisotopic (exact) mass is 350 g/mol. The second-order valence-corrected chi connectivity index (χ2v) is 7.33. The fourth-order valence-electron chi connectivity index (χ4n) is 2.76. The van der Waals surface area contributed by atoms with Gasteiger partial charge in [0.05, 0.1) is 17.5 Å². The summed E-state index contributed by atoms with van der Waals surface area (Å²) >= 11 is 0. The molecule has 26 heavy (non-hydrogen) atoms. The molecule has 0 bridgehead atoms. The van der Waals surface area contributed by atoms with Gasteiger partial charge in [0, 0.05) is 5.39 Å². The molecule has 1 aromatic heterocycles. The number of carbonyl (C=O) groups is 1. The van der Waals surface area contributed by atoms with E-state index in [1.807, 2.05) is 18.2 Å². The van der Waals surface area contributed by atoms with E-state index in [-0.39, 0.29) is 30.0 Å². The van der Waals surface area contributed by atoms with Crippen LogP contribution in [0.15, 0.2) is 53.3 Å². The first-order valence-corrected chi connectivity index (χ1v) is 8.56. The Hall–Kier alpha value is -2.95. The second-order valence-electron chi connectivity index (χ2n) is 7.33. The van der Waals surface area contributed by atoms with Crippen LogP contribution < -0.4 is 5.56 Å². The van der Waals surface area contributed by atoms with Crippen LogP contribution in [0, 0.1) is 0 Å². The summed E-state index contributed by atoms with van der Waals surface area (Å²) in [5, 5.41) is 7.62. The quantitative estimate of drug-likeness (QED) is 0.731. The molecule has 5 nitrogen and oxygen atoms in total. The highest BCUT2D eigenvalue weighted by molar-refractivity contribution is 5.86. The van der Waals surface area contributed by atoms with E-state index < -0.39 is 0 Å². The molecule has 0 amide bonds. The Balaban J connectivity index is 1.67. The van der Waals surface area contributed by atoms with Crippen molar-refractivity contribution in [1.29, 1.82) is 0 Å². The molecule has 0 aliphatic rings. The first kappa shape index (κ1) is 17.9. The summed E-state index contributed by atoms with van der Waals surface area (Å²) in [6, 6.07) is 15.1. The number of hydrogen-bond donors (Lipinski definition) is 1. The van der Waals surface area contributed by atoms with Crippen molar-refractivity contribution in [2.45, 2.75) is 39.2 Å². The van der Waals surface area contributed by atoms with Crippen LogP contribution in [0.4, 0.5) is 0 Å². The van der Waals surface area contributed by atoms with Gasteiger partial charge in [0.1, 0.15) is 6.61 Å². The molecule has 0 saturated carbocycles. The summed E-state index contributed by atoms with van der Waals surface area (Å²) in [7, 11) is 0. The number of nitrogens with zero attached hydrogens (tertiary/aromatic N) is 1. The lowest BCUT2D eigenvalue weighted by atomic mass is 9.87. The SMILES string of the molecule is CC(C)(C)c1ccc(COC(=O)Cc2n[nH]c(=O)c3ccccc23)cc1.